The van der Waals surface area contributed by atoms with Gasteiger partial charge in [0.2, 0.25) is 0 Å². The Morgan fingerprint density at radius 2 is 1.83 bits per heavy atom. The highest BCUT2D eigenvalue weighted by atomic mass is 32.2. The van der Waals surface area contributed by atoms with E-state index in [1.165, 1.54) is 6.07 Å². The van der Waals surface area contributed by atoms with E-state index in [2.05, 4.69) is 0 Å². The van der Waals surface area contributed by atoms with Crippen molar-refractivity contribution in [3.05, 3.63) is 65.5 Å². The molecule has 0 saturated carbocycles. The molecule has 0 amide bonds. The molecule has 1 atom stereocenters. The van der Waals surface area contributed by atoms with E-state index >= 15 is 0 Å². The molecule has 0 spiro atoms. The van der Waals surface area contributed by atoms with Crippen LogP contribution < -0.4 is 0 Å². The molecule has 0 bridgehead atoms. The van der Waals surface area contributed by atoms with Crippen molar-refractivity contribution in [1.82, 2.24) is 0 Å². The van der Waals surface area contributed by atoms with Gasteiger partial charge in [-0.2, -0.15) is 0 Å². The van der Waals surface area contributed by atoms with Gasteiger partial charge in [-0.1, -0.05) is 30.3 Å². The normalized spacial score (nSPS) is 17.5. The van der Waals surface area contributed by atoms with Crippen LogP contribution in [0, 0.1) is 5.82 Å². The second kappa shape index (κ2) is 4.58. The van der Waals surface area contributed by atoms with Gasteiger partial charge < -0.3 is 0 Å². The highest BCUT2D eigenvalue weighted by molar-refractivity contribution is 7.99. The number of halogens is 1. The Morgan fingerprint density at radius 3 is 2.67 bits per heavy atom. The molecule has 3 rings (SSSR count). The third-order valence-corrected chi connectivity index (χ3v) is 4.34. The van der Waals surface area contributed by atoms with E-state index in [4.69, 9.17) is 0 Å². The molecule has 1 aliphatic rings. The van der Waals surface area contributed by atoms with Gasteiger partial charge >= 0.3 is 0 Å². The standard InChI is InChI=1S/C15H11FOS/c16-13-7-3-1-6-11(13)15(17)12-9-18-14-8-4-2-5-10(12)14/h1-8,12H,9H2. The molecule has 1 heterocycles. The molecule has 0 aromatic heterocycles. The number of hydrogen-bond acceptors (Lipinski definition) is 2. The maximum absolute atomic E-state index is 13.6. The second-order valence-corrected chi connectivity index (χ2v) is 5.31. The molecule has 0 N–H and O–H groups in total. The topological polar surface area (TPSA) is 17.1 Å². The monoisotopic (exact) mass is 258 g/mol. The van der Waals surface area contributed by atoms with Crippen molar-refractivity contribution in [3.63, 3.8) is 0 Å². The summed E-state index contributed by atoms with van der Waals surface area (Å²) >= 11 is 1.66. The van der Waals surface area contributed by atoms with Crippen LogP contribution in [0.5, 0.6) is 0 Å². The fourth-order valence-electron chi connectivity index (χ4n) is 2.23. The molecule has 2 aromatic rings. The molecular formula is C15H11FOS. The lowest BCUT2D eigenvalue weighted by Crippen LogP contribution is -2.14. The van der Waals surface area contributed by atoms with Crippen LogP contribution in [-0.4, -0.2) is 11.5 Å². The summed E-state index contributed by atoms with van der Waals surface area (Å²) in [4.78, 5) is 13.5. The second-order valence-electron chi connectivity index (χ2n) is 4.25. The molecule has 3 heteroatoms. The van der Waals surface area contributed by atoms with Crippen LogP contribution in [0.3, 0.4) is 0 Å². The van der Waals surface area contributed by atoms with E-state index in [0.29, 0.717) is 5.75 Å². The number of Topliss-reactive ketones (excluding diaryl/α,β-unsaturated/α-hetero) is 1. The maximum Gasteiger partial charge on any atom is 0.174 e. The third kappa shape index (κ3) is 1.85. The lowest BCUT2D eigenvalue weighted by atomic mass is 9.92. The van der Waals surface area contributed by atoms with Crippen LogP contribution in [0.2, 0.25) is 0 Å². The molecule has 1 nitrogen and oxygen atoms in total. The fraction of sp³-hybridized carbons (Fsp3) is 0.133. The number of carbonyl (C=O) groups is 1. The molecular weight excluding hydrogens is 247 g/mol. The minimum atomic E-state index is -0.433. The van der Waals surface area contributed by atoms with Crippen LogP contribution in [-0.2, 0) is 0 Å². The Balaban J connectivity index is 1.99. The van der Waals surface area contributed by atoms with E-state index in [9.17, 15) is 9.18 Å². The molecule has 90 valence electrons. The van der Waals surface area contributed by atoms with Crippen LogP contribution in [0.15, 0.2) is 53.4 Å². The van der Waals surface area contributed by atoms with Gasteiger partial charge in [-0.05, 0) is 23.8 Å². The van der Waals surface area contributed by atoms with Crippen molar-refractivity contribution in [2.24, 2.45) is 0 Å². The Kier molecular flexibility index (Phi) is 2.92. The summed E-state index contributed by atoms with van der Waals surface area (Å²) in [5.74, 6) is -0.0717. The molecule has 0 saturated heterocycles. The van der Waals surface area contributed by atoms with Gasteiger partial charge in [-0.25, -0.2) is 4.39 Å². The van der Waals surface area contributed by atoms with E-state index in [1.807, 2.05) is 24.3 Å². The van der Waals surface area contributed by atoms with Crippen LogP contribution >= 0.6 is 11.8 Å². The van der Waals surface area contributed by atoms with E-state index < -0.39 is 5.82 Å². The molecule has 0 radical (unpaired) electrons. The summed E-state index contributed by atoms with van der Waals surface area (Å²) in [5, 5.41) is 0. The molecule has 18 heavy (non-hydrogen) atoms. The number of carbonyl (C=O) groups excluding carboxylic acids is 1. The zero-order chi connectivity index (χ0) is 12.5. The smallest absolute Gasteiger partial charge is 0.174 e. The average molecular weight is 258 g/mol. The first kappa shape index (κ1) is 11.5. The molecule has 2 aromatic carbocycles. The van der Waals surface area contributed by atoms with Gasteiger partial charge in [0.25, 0.3) is 0 Å². The quantitative estimate of drug-likeness (QED) is 0.760. The SMILES string of the molecule is O=C(c1ccccc1F)C1CSc2ccccc21. The molecule has 0 aliphatic carbocycles. The number of thioether (sulfide) groups is 1. The highest BCUT2D eigenvalue weighted by Crippen LogP contribution is 2.41. The van der Waals surface area contributed by atoms with Gasteiger partial charge in [-0.3, -0.25) is 4.79 Å². The Morgan fingerprint density at radius 1 is 1.11 bits per heavy atom. The third-order valence-electron chi connectivity index (χ3n) is 3.16. The first-order valence-electron chi connectivity index (χ1n) is 5.78. The van der Waals surface area contributed by atoms with Crippen molar-refractivity contribution in [1.29, 1.82) is 0 Å². The average Bonchev–Trinajstić information content (AvgIpc) is 2.82. The number of hydrogen-bond donors (Lipinski definition) is 0. The van der Waals surface area contributed by atoms with Crippen molar-refractivity contribution < 1.29 is 9.18 Å². The van der Waals surface area contributed by atoms with Crippen molar-refractivity contribution in [2.75, 3.05) is 5.75 Å². The fourth-order valence-corrected chi connectivity index (χ4v) is 3.46. The van der Waals surface area contributed by atoms with Gasteiger partial charge in [0.1, 0.15) is 5.82 Å². The maximum atomic E-state index is 13.6. The van der Waals surface area contributed by atoms with Crippen LogP contribution in [0.4, 0.5) is 4.39 Å². The van der Waals surface area contributed by atoms with Gasteiger partial charge in [0.05, 0.1) is 11.5 Å². The predicted molar refractivity (Wildman–Crippen MR) is 70.6 cm³/mol. The zero-order valence-corrected chi connectivity index (χ0v) is 10.4. The summed E-state index contributed by atoms with van der Waals surface area (Å²) in [6.45, 7) is 0. The summed E-state index contributed by atoms with van der Waals surface area (Å²) < 4.78 is 13.6. The number of benzene rings is 2. The van der Waals surface area contributed by atoms with E-state index in [1.54, 1.807) is 30.0 Å². The van der Waals surface area contributed by atoms with Gasteiger partial charge in [0, 0.05) is 10.6 Å². The van der Waals surface area contributed by atoms with Crippen molar-refractivity contribution in [3.8, 4) is 0 Å². The van der Waals surface area contributed by atoms with E-state index in [-0.39, 0.29) is 17.3 Å². The summed E-state index contributed by atoms with van der Waals surface area (Å²) in [5.41, 5.74) is 1.22. The largest absolute Gasteiger partial charge is 0.293 e. The van der Waals surface area contributed by atoms with E-state index in [0.717, 1.165) is 10.5 Å². The van der Waals surface area contributed by atoms with Crippen LogP contribution in [0.25, 0.3) is 0 Å². The lowest BCUT2D eigenvalue weighted by molar-refractivity contribution is 0.0964. The molecule has 0 fully saturated rings. The van der Waals surface area contributed by atoms with Gasteiger partial charge in [-0.15, -0.1) is 11.8 Å². The highest BCUT2D eigenvalue weighted by Gasteiger charge is 2.30. The summed E-state index contributed by atoms with van der Waals surface area (Å²) in [6, 6.07) is 14.0. The van der Waals surface area contributed by atoms with Crippen molar-refractivity contribution >= 4 is 17.5 Å². The molecule has 1 aliphatic heterocycles. The first-order chi connectivity index (χ1) is 8.77. The Hall–Kier alpha value is -1.61. The Bertz CT molecular complexity index is 609. The first-order valence-corrected chi connectivity index (χ1v) is 6.76. The number of ketones is 1. The predicted octanol–water partition coefficient (Wildman–Crippen LogP) is 3.90. The molecule has 1 unspecified atom stereocenters. The van der Waals surface area contributed by atoms with Gasteiger partial charge in [0.15, 0.2) is 5.78 Å². The zero-order valence-electron chi connectivity index (χ0n) is 9.60. The van der Waals surface area contributed by atoms with Crippen LogP contribution in [0.1, 0.15) is 21.8 Å². The number of rotatable bonds is 2. The lowest BCUT2D eigenvalue weighted by Gasteiger charge is -2.10. The summed E-state index contributed by atoms with van der Waals surface area (Å²) in [7, 11) is 0. The Labute approximate surface area is 109 Å². The minimum absolute atomic E-state index is 0.120. The minimum Gasteiger partial charge on any atom is -0.293 e. The summed E-state index contributed by atoms with van der Waals surface area (Å²) in [6.07, 6.45) is 0. The van der Waals surface area contributed by atoms with Crippen molar-refractivity contribution in [2.45, 2.75) is 10.8 Å². The number of fused-ring (bicyclic) bond motifs is 1.